The van der Waals surface area contributed by atoms with E-state index >= 15 is 0 Å². The van der Waals surface area contributed by atoms with Gasteiger partial charge in [0.25, 0.3) is 5.91 Å². The molecule has 2 rings (SSSR count). The van der Waals surface area contributed by atoms with Gasteiger partial charge in [-0.25, -0.2) is 0 Å². The molecular weight excluding hydrogens is 332 g/mol. The van der Waals surface area contributed by atoms with Crippen molar-refractivity contribution in [3.8, 4) is 11.5 Å². The Morgan fingerprint density at radius 1 is 1.08 bits per heavy atom. The van der Waals surface area contributed by atoms with Crippen LogP contribution in [0, 0.1) is 0 Å². The third-order valence-electron chi connectivity index (χ3n) is 3.69. The molecule has 2 aromatic rings. The van der Waals surface area contributed by atoms with Crippen LogP contribution >= 0.6 is 0 Å². The van der Waals surface area contributed by atoms with Crippen LogP contribution in [0.5, 0.6) is 11.5 Å². The second-order valence-electron chi connectivity index (χ2n) is 5.82. The monoisotopic (exact) mass is 356 g/mol. The van der Waals surface area contributed by atoms with Crippen molar-refractivity contribution in [3.05, 3.63) is 54.1 Å². The van der Waals surface area contributed by atoms with Gasteiger partial charge < -0.3 is 19.2 Å². The standard InChI is InChI=1S/C20H24N2O4/c1-15(2)22(17-8-6-5-7-9-17)20(23)14-26-21-13-16-10-11-18(24-3)19(12-16)25-4/h5-13,15H,14H2,1-4H3/b21-13+. The summed E-state index contributed by atoms with van der Waals surface area (Å²) >= 11 is 0. The Kier molecular flexibility index (Phi) is 7.02. The van der Waals surface area contributed by atoms with Gasteiger partial charge in [-0.1, -0.05) is 23.4 Å². The third-order valence-corrected chi connectivity index (χ3v) is 3.69. The van der Waals surface area contributed by atoms with Crippen molar-refractivity contribution in [1.29, 1.82) is 0 Å². The summed E-state index contributed by atoms with van der Waals surface area (Å²) in [5, 5.41) is 3.88. The topological polar surface area (TPSA) is 60.4 Å². The Bertz CT molecular complexity index is 745. The number of anilines is 1. The van der Waals surface area contributed by atoms with Crippen LogP contribution in [0.4, 0.5) is 5.69 Å². The second kappa shape index (κ2) is 9.46. The number of methoxy groups -OCH3 is 2. The highest BCUT2D eigenvalue weighted by Crippen LogP contribution is 2.26. The van der Waals surface area contributed by atoms with Crippen molar-refractivity contribution in [1.82, 2.24) is 0 Å². The minimum atomic E-state index is -0.157. The third kappa shape index (κ3) is 4.99. The molecule has 0 aliphatic heterocycles. The zero-order valence-corrected chi connectivity index (χ0v) is 15.5. The summed E-state index contributed by atoms with van der Waals surface area (Å²) in [4.78, 5) is 19.3. The molecule has 0 aliphatic rings. The SMILES string of the molecule is COc1ccc(/C=N/OCC(=O)N(c2ccccc2)C(C)C)cc1OC. The van der Waals surface area contributed by atoms with Gasteiger partial charge in [0.15, 0.2) is 18.1 Å². The summed E-state index contributed by atoms with van der Waals surface area (Å²) in [7, 11) is 3.14. The van der Waals surface area contributed by atoms with Crippen molar-refractivity contribution < 1.29 is 19.1 Å². The van der Waals surface area contributed by atoms with Crippen LogP contribution in [0.15, 0.2) is 53.7 Å². The van der Waals surface area contributed by atoms with Crippen LogP contribution < -0.4 is 14.4 Å². The fourth-order valence-corrected chi connectivity index (χ4v) is 2.51. The maximum absolute atomic E-state index is 12.5. The lowest BCUT2D eigenvalue weighted by Gasteiger charge is -2.26. The molecule has 0 fully saturated rings. The molecular formula is C20H24N2O4. The minimum absolute atomic E-state index is 0.0170. The molecule has 0 aliphatic carbocycles. The van der Waals surface area contributed by atoms with E-state index in [2.05, 4.69) is 5.16 Å². The minimum Gasteiger partial charge on any atom is -0.493 e. The van der Waals surface area contributed by atoms with Crippen LogP contribution in [-0.4, -0.2) is 39.0 Å². The van der Waals surface area contributed by atoms with Crippen LogP contribution in [0.25, 0.3) is 0 Å². The van der Waals surface area contributed by atoms with Crippen LogP contribution in [0.1, 0.15) is 19.4 Å². The maximum atomic E-state index is 12.5. The van der Waals surface area contributed by atoms with Crippen molar-refractivity contribution in [2.45, 2.75) is 19.9 Å². The lowest BCUT2D eigenvalue weighted by atomic mass is 10.2. The number of ether oxygens (including phenoxy) is 2. The normalized spacial score (nSPS) is 10.8. The predicted molar refractivity (Wildman–Crippen MR) is 102 cm³/mol. The van der Waals surface area contributed by atoms with Gasteiger partial charge in [0, 0.05) is 17.3 Å². The van der Waals surface area contributed by atoms with Crippen molar-refractivity contribution in [2.75, 3.05) is 25.7 Å². The molecule has 0 saturated carbocycles. The molecule has 1 amide bonds. The van der Waals surface area contributed by atoms with E-state index in [-0.39, 0.29) is 18.6 Å². The second-order valence-corrected chi connectivity index (χ2v) is 5.82. The summed E-state index contributed by atoms with van der Waals surface area (Å²) in [5.41, 5.74) is 1.61. The molecule has 0 spiro atoms. The molecule has 0 aromatic heterocycles. The molecule has 0 heterocycles. The molecule has 2 aromatic carbocycles. The van der Waals surface area contributed by atoms with E-state index in [1.54, 1.807) is 31.3 Å². The van der Waals surface area contributed by atoms with E-state index in [0.29, 0.717) is 11.5 Å². The Labute approximate surface area is 154 Å². The Balaban J connectivity index is 1.97. The molecule has 6 heteroatoms. The highest BCUT2D eigenvalue weighted by Gasteiger charge is 2.19. The number of carbonyl (C=O) groups excluding carboxylic acids is 1. The first-order chi connectivity index (χ1) is 12.6. The van der Waals surface area contributed by atoms with Crippen LogP contribution in [0.2, 0.25) is 0 Å². The maximum Gasteiger partial charge on any atom is 0.267 e. The Hall–Kier alpha value is -3.02. The van der Waals surface area contributed by atoms with Crippen LogP contribution in [-0.2, 0) is 9.63 Å². The lowest BCUT2D eigenvalue weighted by molar-refractivity contribution is -0.123. The number of benzene rings is 2. The number of nitrogens with zero attached hydrogens (tertiary/aromatic N) is 2. The fourth-order valence-electron chi connectivity index (χ4n) is 2.51. The molecule has 0 saturated heterocycles. The number of rotatable bonds is 8. The largest absolute Gasteiger partial charge is 0.493 e. The number of hydrogen-bond donors (Lipinski definition) is 0. The molecule has 0 bridgehead atoms. The van der Waals surface area contributed by atoms with Crippen LogP contribution in [0.3, 0.4) is 0 Å². The van der Waals surface area contributed by atoms with E-state index in [4.69, 9.17) is 14.3 Å². The summed E-state index contributed by atoms with van der Waals surface area (Å²) in [5.74, 6) is 1.08. The molecule has 138 valence electrons. The summed E-state index contributed by atoms with van der Waals surface area (Å²) in [6, 6.07) is 14.9. The molecule has 26 heavy (non-hydrogen) atoms. The number of carbonyl (C=O) groups is 1. The average molecular weight is 356 g/mol. The van der Waals surface area contributed by atoms with E-state index in [9.17, 15) is 4.79 Å². The fraction of sp³-hybridized carbons (Fsp3) is 0.300. The molecule has 0 radical (unpaired) electrons. The van der Waals surface area contributed by atoms with Gasteiger partial charge in [-0.2, -0.15) is 0 Å². The lowest BCUT2D eigenvalue weighted by Crippen LogP contribution is -2.39. The Morgan fingerprint density at radius 3 is 2.38 bits per heavy atom. The highest BCUT2D eigenvalue weighted by molar-refractivity contribution is 5.94. The van der Waals surface area contributed by atoms with Gasteiger partial charge in [0.2, 0.25) is 0 Å². The molecule has 0 N–H and O–H groups in total. The van der Waals surface area contributed by atoms with Gasteiger partial charge in [0.05, 0.1) is 20.4 Å². The molecule has 0 unspecified atom stereocenters. The number of para-hydroxylation sites is 1. The van der Waals surface area contributed by atoms with Crippen molar-refractivity contribution in [2.24, 2.45) is 5.16 Å². The number of hydrogen-bond acceptors (Lipinski definition) is 5. The van der Waals surface area contributed by atoms with Crippen molar-refractivity contribution >= 4 is 17.8 Å². The smallest absolute Gasteiger partial charge is 0.267 e. The summed E-state index contributed by atoms with van der Waals surface area (Å²) in [6.45, 7) is 3.77. The predicted octanol–water partition coefficient (Wildman–Crippen LogP) is 3.50. The first-order valence-electron chi connectivity index (χ1n) is 8.31. The van der Waals surface area contributed by atoms with Gasteiger partial charge >= 0.3 is 0 Å². The number of oxime groups is 1. The Morgan fingerprint density at radius 2 is 1.77 bits per heavy atom. The summed E-state index contributed by atoms with van der Waals surface area (Å²) < 4.78 is 10.4. The van der Waals surface area contributed by atoms with E-state index < -0.39 is 0 Å². The van der Waals surface area contributed by atoms with Gasteiger partial charge in [-0.05, 0) is 44.2 Å². The first kappa shape index (κ1) is 19.3. The average Bonchev–Trinajstić information content (AvgIpc) is 2.65. The zero-order chi connectivity index (χ0) is 18.9. The van der Waals surface area contributed by atoms with Crippen molar-refractivity contribution in [3.63, 3.8) is 0 Å². The highest BCUT2D eigenvalue weighted by atomic mass is 16.6. The van der Waals surface area contributed by atoms with E-state index in [0.717, 1.165) is 11.3 Å². The quantitative estimate of drug-likeness (QED) is 0.536. The van der Waals surface area contributed by atoms with Gasteiger partial charge in [-0.3, -0.25) is 4.79 Å². The first-order valence-corrected chi connectivity index (χ1v) is 8.31. The number of amides is 1. The van der Waals surface area contributed by atoms with E-state index in [1.807, 2.05) is 50.2 Å². The molecule has 6 nitrogen and oxygen atoms in total. The van der Waals surface area contributed by atoms with Gasteiger partial charge in [0.1, 0.15) is 0 Å². The molecule has 0 atom stereocenters. The van der Waals surface area contributed by atoms with Gasteiger partial charge in [-0.15, -0.1) is 0 Å². The van der Waals surface area contributed by atoms with E-state index in [1.165, 1.54) is 6.21 Å². The summed E-state index contributed by atoms with van der Waals surface area (Å²) in [6.07, 6.45) is 1.53. The zero-order valence-electron chi connectivity index (χ0n) is 15.5.